The van der Waals surface area contributed by atoms with Crippen molar-refractivity contribution in [1.29, 1.82) is 0 Å². The summed E-state index contributed by atoms with van der Waals surface area (Å²) in [6, 6.07) is -0.897. The van der Waals surface area contributed by atoms with Crippen LogP contribution in [0.25, 0.3) is 0 Å². The Bertz CT molecular complexity index is 356. The van der Waals surface area contributed by atoms with Gasteiger partial charge in [0, 0.05) is 19.4 Å². The highest BCUT2D eigenvalue weighted by Gasteiger charge is 2.25. The molecule has 0 aromatic heterocycles. The molecule has 0 aliphatic carbocycles. The van der Waals surface area contributed by atoms with Crippen LogP contribution >= 0.6 is 0 Å². The Labute approximate surface area is 126 Å². The van der Waals surface area contributed by atoms with E-state index in [1.165, 1.54) is 0 Å². The number of carboxylic acid groups (broad SMARTS) is 1. The molecule has 3 N–H and O–H groups in total. The first kappa shape index (κ1) is 19.4. The minimum Gasteiger partial charge on any atom is -0.480 e. The fourth-order valence-corrected chi connectivity index (χ4v) is 1.74. The third-order valence-electron chi connectivity index (χ3n) is 3.42. The van der Waals surface area contributed by atoms with E-state index in [9.17, 15) is 14.4 Å². The average molecular weight is 300 g/mol. The zero-order valence-corrected chi connectivity index (χ0v) is 13.4. The van der Waals surface area contributed by atoms with Gasteiger partial charge in [-0.1, -0.05) is 34.1 Å². The van der Waals surface area contributed by atoms with Crippen molar-refractivity contribution in [3.8, 4) is 0 Å². The molecule has 0 saturated heterocycles. The Morgan fingerprint density at radius 1 is 1.05 bits per heavy atom. The first-order valence-electron chi connectivity index (χ1n) is 7.56. The smallest absolute Gasteiger partial charge is 0.326 e. The molecule has 21 heavy (non-hydrogen) atoms. The second-order valence-corrected chi connectivity index (χ2v) is 5.80. The lowest BCUT2D eigenvalue weighted by Crippen LogP contribution is -2.45. The van der Waals surface area contributed by atoms with Gasteiger partial charge in [-0.3, -0.25) is 9.59 Å². The number of aliphatic carboxylic acids is 1. The summed E-state index contributed by atoms with van der Waals surface area (Å²) in [4.78, 5) is 34.3. The normalized spacial score (nSPS) is 13.6. The lowest BCUT2D eigenvalue weighted by atomic mass is 9.99. The zero-order valence-electron chi connectivity index (χ0n) is 13.4. The summed E-state index contributed by atoms with van der Waals surface area (Å²) in [6.07, 6.45) is 1.64. The molecule has 2 unspecified atom stereocenters. The van der Waals surface area contributed by atoms with Crippen molar-refractivity contribution in [3.63, 3.8) is 0 Å². The van der Waals surface area contributed by atoms with E-state index in [2.05, 4.69) is 24.5 Å². The van der Waals surface area contributed by atoms with Gasteiger partial charge in [0.05, 0.1) is 0 Å². The summed E-state index contributed by atoms with van der Waals surface area (Å²) < 4.78 is 0. The van der Waals surface area contributed by atoms with Crippen molar-refractivity contribution in [1.82, 2.24) is 10.6 Å². The molecule has 2 atom stereocenters. The number of carbonyl (C=O) groups excluding carboxylic acids is 2. The van der Waals surface area contributed by atoms with Gasteiger partial charge in [-0.25, -0.2) is 4.79 Å². The molecular formula is C15H28N2O4. The van der Waals surface area contributed by atoms with E-state index in [1.54, 1.807) is 6.92 Å². The van der Waals surface area contributed by atoms with Crippen molar-refractivity contribution >= 4 is 17.8 Å². The summed E-state index contributed by atoms with van der Waals surface area (Å²) in [5.41, 5.74) is 0. The zero-order chi connectivity index (χ0) is 16.4. The van der Waals surface area contributed by atoms with Gasteiger partial charge in [0.1, 0.15) is 6.04 Å². The summed E-state index contributed by atoms with van der Waals surface area (Å²) in [5.74, 6) is -1.26. The van der Waals surface area contributed by atoms with Crippen molar-refractivity contribution in [2.24, 2.45) is 11.8 Å². The first-order chi connectivity index (χ1) is 9.77. The highest BCUT2D eigenvalue weighted by molar-refractivity contribution is 5.87. The van der Waals surface area contributed by atoms with Gasteiger partial charge in [-0.15, -0.1) is 0 Å². The predicted octanol–water partition coefficient (Wildman–Crippen LogP) is 1.54. The van der Waals surface area contributed by atoms with Crippen LogP contribution in [0.3, 0.4) is 0 Å². The maximum atomic E-state index is 11.7. The van der Waals surface area contributed by atoms with Gasteiger partial charge in [0.15, 0.2) is 0 Å². The molecule has 2 amide bonds. The molecule has 0 aliphatic heterocycles. The summed E-state index contributed by atoms with van der Waals surface area (Å²) in [5, 5.41) is 14.3. The molecule has 0 spiro atoms. The lowest BCUT2D eigenvalue weighted by molar-refractivity contribution is -0.143. The highest BCUT2D eigenvalue weighted by Crippen LogP contribution is 2.08. The molecule has 0 aromatic rings. The Morgan fingerprint density at radius 2 is 1.62 bits per heavy atom. The Balaban J connectivity index is 4.07. The van der Waals surface area contributed by atoms with Crippen molar-refractivity contribution < 1.29 is 19.5 Å². The molecule has 122 valence electrons. The van der Waals surface area contributed by atoms with Crippen LogP contribution in [-0.4, -0.2) is 35.5 Å². The van der Waals surface area contributed by atoms with Gasteiger partial charge < -0.3 is 15.7 Å². The number of hydrogen-bond donors (Lipinski definition) is 3. The van der Waals surface area contributed by atoms with Crippen LogP contribution in [-0.2, 0) is 14.4 Å². The SMILES string of the molecule is CCC(C)C(NC(=O)CCC(=O)NCCC(C)C)C(=O)O. The summed E-state index contributed by atoms with van der Waals surface area (Å²) in [7, 11) is 0. The minimum atomic E-state index is -1.04. The maximum absolute atomic E-state index is 11.7. The molecule has 0 fully saturated rings. The monoisotopic (exact) mass is 300 g/mol. The second-order valence-electron chi connectivity index (χ2n) is 5.80. The largest absolute Gasteiger partial charge is 0.480 e. The fourth-order valence-electron chi connectivity index (χ4n) is 1.74. The maximum Gasteiger partial charge on any atom is 0.326 e. The van der Waals surface area contributed by atoms with Crippen molar-refractivity contribution in [3.05, 3.63) is 0 Å². The Morgan fingerprint density at radius 3 is 2.10 bits per heavy atom. The number of carboxylic acids is 1. The first-order valence-corrected chi connectivity index (χ1v) is 7.56. The molecule has 0 rings (SSSR count). The van der Waals surface area contributed by atoms with Gasteiger partial charge in [-0.05, 0) is 18.3 Å². The van der Waals surface area contributed by atoms with Crippen LogP contribution in [0.4, 0.5) is 0 Å². The third-order valence-corrected chi connectivity index (χ3v) is 3.42. The number of nitrogens with one attached hydrogen (secondary N) is 2. The lowest BCUT2D eigenvalue weighted by Gasteiger charge is -2.20. The number of amides is 2. The van der Waals surface area contributed by atoms with E-state index in [1.807, 2.05) is 6.92 Å². The number of hydrogen-bond acceptors (Lipinski definition) is 3. The minimum absolute atomic E-state index is 0.00766. The topological polar surface area (TPSA) is 95.5 Å². The van der Waals surface area contributed by atoms with Crippen molar-refractivity contribution in [2.75, 3.05) is 6.54 Å². The molecule has 0 saturated carbocycles. The van der Waals surface area contributed by atoms with E-state index >= 15 is 0 Å². The molecule has 0 aliphatic rings. The third kappa shape index (κ3) is 9.05. The quantitative estimate of drug-likeness (QED) is 0.570. The van der Waals surface area contributed by atoms with Gasteiger partial charge in [0.25, 0.3) is 0 Å². The number of rotatable bonds is 10. The van der Waals surface area contributed by atoms with Gasteiger partial charge >= 0.3 is 5.97 Å². The van der Waals surface area contributed by atoms with E-state index in [4.69, 9.17) is 5.11 Å². The molecule has 6 heteroatoms. The molecule has 0 aromatic carbocycles. The highest BCUT2D eigenvalue weighted by atomic mass is 16.4. The van der Waals surface area contributed by atoms with E-state index in [-0.39, 0.29) is 24.7 Å². The van der Waals surface area contributed by atoms with Gasteiger partial charge in [-0.2, -0.15) is 0 Å². The van der Waals surface area contributed by atoms with E-state index < -0.39 is 17.9 Å². The molecule has 0 heterocycles. The van der Waals surface area contributed by atoms with Gasteiger partial charge in [0.2, 0.25) is 11.8 Å². The summed E-state index contributed by atoms with van der Waals surface area (Å²) >= 11 is 0. The van der Waals surface area contributed by atoms with E-state index in [0.717, 1.165) is 6.42 Å². The fraction of sp³-hybridized carbons (Fsp3) is 0.800. The second kappa shape index (κ2) is 10.2. The van der Waals surface area contributed by atoms with Crippen LogP contribution in [0.2, 0.25) is 0 Å². The number of carbonyl (C=O) groups is 3. The Kier molecular flexibility index (Phi) is 9.41. The van der Waals surface area contributed by atoms with Crippen LogP contribution in [0.1, 0.15) is 53.4 Å². The molecule has 0 bridgehead atoms. The van der Waals surface area contributed by atoms with Crippen molar-refractivity contribution in [2.45, 2.75) is 59.4 Å². The summed E-state index contributed by atoms with van der Waals surface area (Å²) in [6.45, 7) is 8.39. The average Bonchev–Trinajstić information content (AvgIpc) is 2.40. The molecule has 0 radical (unpaired) electrons. The molecular weight excluding hydrogens is 272 g/mol. The Hall–Kier alpha value is -1.59. The predicted molar refractivity (Wildman–Crippen MR) is 80.7 cm³/mol. The van der Waals surface area contributed by atoms with Crippen LogP contribution in [0.5, 0.6) is 0 Å². The molecule has 6 nitrogen and oxygen atoms in total. The standard InChI is InChI=1S/C15H28N2O4/c1-5-11(4)14(15(20)21)17-13(19)7-6-12(18)16-9-8-10(2)3/h10-11,14H,5-9H2,1-4H3,(H,16,18)(H,17,19)(H,20,21). The van der Waals surface area contributed by atoms with Crippen LogP contribution in [0.15, 0.2) is 0 Å². The van der Waals surface area contributed by atoms with Crippen LogP contribution in [0, 0.1) is 11.8 Å². The van der Waals surface area contributed by atoms with Crippen LogP contribution < -0.4 is 10.6 Å². The van der Waals surface area contributed by atoms with E-state index in [0.29, 0.717) is 18.9 Å².